The Balaban J connectivity index is 1.79. The first-order chi connectivity index (χ1) is 7.34. The van der Waals surface area contributed by atoms with Gasteiger partial charge in [-0.15, -0.1) is 0 Å². The molecule has 1 fully saturated rings. The average Bonchev–Trinajstić information content (AvgIpc) is 2.30. The average molecular weight is 209 g/mol. The summed E-state index contributed by atoms with van der Waals surface area (Å²) in [6.07, 6.45) is 3.96. The number of halogens is 1. The van der Waals surface area contributed by atoms with Crippen LogP contribution in [0.5, 0.6) is 0 Å². The van der Waals surface area contributed by atoms with Gasteiger partial charge in [-0.05, 0) is 44.0 Å². The number of anilines is 1. The molecule has 0 saturated carbocycles. The maximum absolute atomic E-state index is 12.5. The highest BCUT2D eigenvalue weighted by atomic mass is 19.1. The molecule has 0 bridgehead atoms. The zero-order valence-electron chi connectivity index (χ0n) is 8.67. The van der Waals surface area contributed by atoms with E-state index in [2.05, 4.69) is 15.6 Å². The first-order valence-corrected chi connectivity index (χ1v) is 5.41. The molecule has 2 N–H and O–H groups in total. The molecule has 0 atom stereocenters. The Morgan fingerprint density at radius 1 is 1.40 bits per heavy atom. The third-order valence-corrected chi connectivity index (χ3v) is 2.78. The lowest BCUT2D eigenvalue weighted by Gasteiger charge is -2.23. The van der Waals surface area contributed by atoms with Crippen molar-refractivity contribution in [2.24, 2.45) is 5.92 Å². The van der Waals surface area contributed by atoms with Gasteiger partial charge >= 0.3 is 0 Å². The summed E-state index contributed by atoms with van der Waals surface area (Å²) in [6, 6.07) is 3.11. The molecule has 1 aromatic heterocycles. The lowest BCUT2D eigenvalue weighted by molar-refractivity contribution is 0.390. The van der Waals surface area contributed by atoms with E-state index in [1.807, 2.05) is 0 Å². The van der Waals surface area contributed by atoms with E-state index >= 15 is 0 Å². The predicted molar refractivity (Wildman–Crippen MR) is 58.3 cm³/mol. The highest BCUT2D eigenvalue weighted by molar-refractivity contribution is 5.39. The second-order valence-electron chi connectivity index (χ2n) is 3.94. The number of hydrogen-bond acceptors (Lipinski definition) is 3. The van der Waals surface area contributed by atoms with Crippen molar-refractivity contribution in [1.82, 2.24) is 10.3 Å². The monoisotopic (exact) mass is 209 g/mol. The molecule has 0 spiro atoms. The van der Waals surface area contributed by atoms with Crippen LogP contribution in [-0.2, 0) is 0 Å². The number of nitrogens with zero attached hydrogens (tertiary/aromatic N) is 1. The van der Waals surface area contributed by atoms with Crippen molar-refractivity contribution in [3.63, 3.8) is 0 Å². The minimum atomic E-state index is -0.428. The zero-order chi connectivity index (χ0) is 10.5. The number of piperidine rings is 1. The van der Waals surface area contributed by atoms with Crippen molar-refractivity contribution in [2.45, 2.75) is 12.8 Å². The van der Waals surface area contributed by atoms with Gasteiger partial charge in [0.2, 0.25) is 5.95 Å². The Kier molecular flexibility index (Phi) is 3.50. The summed E-state index contributed by atoms with van der Waals surface area (Å²) in [7, 11) is 0. The van der Waals surface area contributed by atoms with Crippen LogP contribution in [0.25, 0.3) is 0 Å². The topological polar surface area (TPSA) is 37.0 Å². The summed E-state index contributed by atoms with van der Waals surface area (Å²) >= 11 is 0. The number of hydrogen-bond donors (Lipinski definition) is 2. The van der Waals surface area contributed by atoms with Crippen LogP contribution in [0.15, 0.2) is 18.3 Å². The third kappa shape index (κ3) is 3.16. The van der Waals surface area contributed by atoms with Gasteiger partial charge in [-0.25, -0.2) is 4.98 Å². The third-order valence-electron chi connectivity index (χ3n) is 2.78. The zero-order valence-corrected chi connectivity index (χ0v) is 8.67. The molecule has 1 aromatic rings. The maximum Gasteiger partial charge on any atom is 0.212 e. The van der Waals surface area contributed by atoms with Gasteiger partial charge in [0.05, 0.1) is 11.9 Å². The Morgan fingerprint density at radius 2 is 2.20 bits per heavy atom. The summed E-state index contributed by atoms with van der Waals surface area (Å²) in [6.45, 7) is 3.16. The largest absolute Gasteiger partial charge is 0.384 e. The molecule has 0 amide bonds. The molecule has 2 heterocycles. The van der Waals surface area contributed by atoms with Crippen LogP contribution < -0.4 is 10.6 Å². The molecule has 0 unspecified atom stereocenters. The Bertz CT molecular complexity index is 293. The fourth-order valence-corrected chi connectivity index (χ4v) is 1.83. The molecule has 3 nitrogen and oxygen atoms in total. The summed E-state index contributed by atoms with van der Waals surface area (Å²) in [5, 5.41) is 6.62. The quantitative estimate of drug-likeness (QED) is 0.743. The number of aromatic nitrogens is 1. The lowest BCUT2D eigenvalue weighted by Crippen LogP contribution is -2.31. The molecule has 2 rings (SSSR count). The van der Waals surface area contributed by atoms with Crippen molar-refractivity contribution in [2.75, 3.05) is 25.0 Å². The van der Waals surface area contributed by atoms with Crippen LogP contribution in [0.4, 0.5) is 10.1 Å². The molecule has 4 heteroatoms. The van der Waals surface area contributed by atoms with Gasteiger partial charge in [0.1, 0.15) is 0 Å². The van der Waals surface area contributed by atoms with E-state index in [9.17, 15) is 4.39 Å². The summed E-state index contributed by atoms with van der Waals surface area (Å²) in [4.78, 5) is 3.60. The SMILES string of the molecule is Fc1ccc(NCC2CCNCC2)cn1. The first-order valence-electron chi connectivity index (χ1n) is 5.41. The number of nitrogens with one attached hydrogen (secondary N) is 2. The van der Waals surface area contributed by atoms with Crippen LogP contribution >= 0.6 is 0 Å². The van der Waals surface area contributed by atoms with Crippen molar-refractivity contribution < 1.29 is 4.39 Å². The molecule has 0 radical (unpaired) electrons. The summed E-state index contributed by atoms with van der Waals surface area (Å²) in [5.41, 5.74) is 0.898. The summed E-state index contributed by atoms with van der Waals surface area (Å²) in [5.74, 6) is 0.290. The van der Waals surface area contributed by atoms with Crippen LogP contribution in [-0.4, -0.2) is 24.6 Å². The second-order valence-corrected chi connectivity index (χ2v) is 3.94. The van der Waals surface area contributed by atoms with Gasteiger partial charge in [-0.3, -0.25) is 0 Å². The molecular formula is C11H16FN3. The Morgan fingerprint density at radius 3 is 2.87 bits per heavy atom. The number of pyridine rings is 1. The Hall–Kier alpha value is -1.16. The van der Waals surface area contributed by atoms with E-state index in [-0.39, 0.29) is 0 Å². The van der Waals surface area contributed by atoms with E-state index in [1.54, 1.807) is 6.07 Å². The van der Waals surface area contributed by atoms with E-state index in [0.717, 1.165) is 31.2 Å². The standard InChI is InChI=1S/C11H16FN3/c12-11-2-1-10(8-15-11)14-7-9-3-5-13-6-4-9/h1-2,8-9,13-14H,3-7H2. The van der Waals surface area contributed by atoms with Crippen LogP contribution in [0, 0.1) is 11.9 Å². The normalized spacial score (nSPS) is 17.7. The fraction of sp³-hybridized carbons (Fsp3) is 0.545. The molecule has 15 heavy (non-hydrogen) atoms. The highest BCUT2D eigenvalue weighted by Crippen LogP contribution is 2.13. The molecule has 1 aliphatic heterocycles. The van der Waals surface area contributed by atoms with Gasteiger partial charge in [0, 0.05) is 6.54 Å². The lowest BCUT2D eigenvalue weighted by atomic mass is 9.98. The van der Waals surface area contributed by atoms with E-state index in [4.69, 9.17) is 0 Å². The van der Waals surface area contributed by atoms with Gasteiger partial charge in [-0.1, -0.05) is 0 Å². The van der Waals surface area contributed by atoms with Crippen LogP contribution in [0.3, 0.4) is 0 Å². The predicted octanol–water partition coefficient (Wildman–Crippen LogP) is 1.63. The number of rotatable bonds is 3. The minimum absolute atomic E-state index is 0.428. The van der Waals surface area contributed by atoms with Gasteiger partial charge in [0.15, 0.2) is 0 Å². The van der Waals surface area contributed by atoms with Crippen molar-refractivity contribution in [3.8, 4) is 0 Å². The fourth-order valence-electron chi connectivity index (χ4n) is 1.83. The minimum Gasteiger partial charge on any atom is -0.384 e. The maximum atomic E-state index is 12.5. The molecule has 82 valence electrons. The van der Waals surface area contributed by atoms with E-state index in [1.165, 1.54) is 25.1 Å². The summed E-state index contributed by atoms with van der Waals surface area (Å²) < 4.78 is 12.5. The van der Waals surface area contributed by atoms with Gasteiger partial charge in [0.25, 0.3) is 0 Å². The van der Waals surface area contributed by atoms with Gasteiger partial charge in [-0.2, -0.15) is 4.39 Å². The molecule has 0 aromatic carbocycles. The van der Waals surface area contributed by atoms with Crippen molar-refractivity contribution in [1.29, 1.82) is 0 Å². The second kappa shape index (κ2) is 5.07. The molecule has 1 saturated heterocycles. The highest BCUT2D eigenvalue weighted by Gasteiger charge is 2.12. The van der Waals surface area contributed by atoms with E-state index in [0.29, 0.717) is 0 Å². The molecule has 1 aliphatic rings. The van der Waals surface area contributed by atoms with Crippen LogP contribution in [0.1, 0.15) is 12.8 Å². The van der Waals surface area contributed by atoms with Crippen molar-refractivity contribution >= 4 is 5.69 Å². The van der Waals surface area contributed by atoms with Gasteiger partial charge < -0.3 is 10.6 Å². The smallest absolute Gasteiger partial charge is 0.212 e. The Labute approximate surface area is 89.1 Å². The molecular weight excluding hydrogens is 193 g/mol. The van der Waals surface area contributed by atoms with Crippen LogP contribution in [0.2, 0.25) is 0 Å². The molecule has 0 aliphatic carbocycles. The van der Waals surface area contributed by atoms with Crippen molar-refractivity contribution in [3.05, 3.63) is 24.3 Å². The van der Waals surface area contributed by atoms with E-state index < -0.39 is 5.95 Å². The first kappa shape index (κ1) is 10.4.